The minimum absolute atomic E-state index is 0.127. The fraction of sp³-hybridized carbons (Fsp3) is 0.929. The Bertz CT molecular complexity index is 331. The van der Waals surface area contributed by atoms with E-state index in [2.05, 4.69) is 25.0 Å². The molecule has 2 N–H and O–H groups in total. The lowest BCUT2D eigenvalue weighted by Crippen LogP contribution is -2.45. The second-order valence-electron chi connectivity index (χ2n) is 7.06. The Hall–Kier alpha value is -0.663. The molecule has 0 aromatic rings. The van der Waals surface area contributed by atoms with E-state index in [1.807, 2.05) is 0 Å². The van der Waals surface area contributed by atoms with Crippen LogP contribution in [-0.2, 0) is 9.47 Å². The smallest absolute Gasteiger partial charge is 0.404 e. The van der Waals surface area contributed by atoms with Crippen LogP contribution in [0.4, 0.5) is 9.18 Å². The highest BCUT2D eigenvalue weighted by molar-refractivity contribution is 6.76. The lowest BCUT2D eigenvalue weighted by molar-refractivity contribution is -0.0629. The van der Waals surface area contributed by atoms with Crippen LogP contribution in [0.3, 0.4) is 0 Å². The van der Waals surface area contributed by atoms with Crippen molar-refractivity contribution in [2.24, 2.45) is 0 Å². The molecule has 0 aromatic carbocycles. The maximum absolute atomic E-state index is 14.1. The average molecular weight is 321 g/mol. The standard InChI is InChI=1S/C14H28FNO4Si/c1-21(2,3)8-7-19-11-20-10-12(16-13(17)18)9-14(15)5-4-6-14/h12,16H,4-11H2,1-3H3,(H,17,18). The van der Waals surface area contributed by atoms with Gasteiger partial charge in [0.05, 0.1) is 12.6 Å². The average Bonchev–Trinajstić information content (AvgIpc) is 2.29. The first-order valence-electron chi connectivity index (χ1n) is 7.54. The van der Waals surface area contributed by atoms with Crippen molar-refractivity contribution in [2.45, 2.75) is 63.1 Å². The molecule has 0 bridgehead atoms. The third kappa shape index (κ3) is 8.38. The van der Waals surface area contributed by atoms with Gasteiger partial charge in [0.15, 0.2) is 0 Å². The van der Waals surface area contributed by atoms with Crippen LogP contribution in [0.2, 0.25) is 25.7 Å². The maximum Gasteiger partial charge on any atom is 0.404 e. The van der Waals surface area contributed by atoms with Crippen molar-refractivity contribution in [3.8, 4) is 0 Å². The first kappa shape index (κ1) is 18.4. The lowest BCUT2D eigenvalue weighted by Gasteiger charge is -2.36. The molecule has 7 heteroatoms. The molecule has 1 unspecified atom stereocenters. The quantitative estimate of drug-likeness (QED) is 0.368. The van der Waals surface area contributed by atoms with E-state index in [0.717, 1.165) is 12.5 Å². The minimum Gasteiger partial charge on any atom is -0.465 e. The molecule has 1 aliphatic rings. The highest BCUT2D eigenvalue weighted by Crippen LogP contribution is 2.39. The third-order valence-corrected chi connectivity index (χ3v) is 5.38. The third-order valence-electron chi connectivity index (χ3n) is 3.67. The Morgan fingerprint density at radius 3 is 2.52 bits per heavy atom. The van der Waals surface area contributed by atoms with Crippen molar-refractivity contribution in [3.05, 3.63) is 0 Å². The number of alkyl halides is 1. The number of amides is 1. The van der Waals surface area contributed by atoms with Gasteiger partial charge in [-0.1, -0.05) is 19.6 Å². The van der Waals surface area contributed by atoms with E-state index in [0.29, 0.717) is 19.4 Å². The molecule has 1 rings (SSSR count). The van der Waals surface area contributed by atoms with Crippen LogP contribution < -0.4 is 5.32 Å². The van der Waals surface area contributed by atoms with E-state index in [9.17, 15) is 9.18 Å². The molecular formula is C14H28FNO4Si. The Kier molecular flexibility index (Phi) is 7.09. The molecule has 21 heavy (non-hydrogen) atoms. The normalized spacial score (nSPS) is 18.9. The highest BCUT2D eigenvalue weighted by atomic mass is 28.3. The fourth-order valence-electron chi connectivity index (χ4n) is 2.22. The van der Waals surface area contributed by atoms with Gasteiger partial charge in [-0.3, -0.25) is 0 Å². The van der Waals surface area contributed by atoms with Crippen molar-refractivity contribution in [2.75, 3.05) is 20.0 Å². The van der Waals surface area contributed by atoms with Crippen LogP contribution in [0.25, 0.3) is 0 Å². The van der Waals surface area contributed by atoms with E-state index in [4.69, 9.17) is 14.6 Å². The molecular weight excluding hydrogens is 293 g/mol. The van der Waals surface area contributed by atoms with E-state index >= 15 is 0 Å². The predicted molar refractivity (Wildman–Crippen MR) is 82.2 cm³/mol. The number of hydrogen-bond acceptors (Lipinski definition) is 3. The zero-order chi connectivity index (χ0) is 15.9. The van der Waals surface area contributed by atoms with Crippen molar-refractivity contribution in [1.82, 2.24) is 5.32 Å². The molecule has 1 fully saturated rings. The molecule has 0 aromatic heterocycles. The number of rotatable bonds is 10. The number of carbonyl (C=O) groups is 1. The maximum atomic E-state index is 14.1. The zero-order valence-electron chi connectivity index (χ0n) is 13.3. The molecule has 0 aliphatic heterocycles. The first-order valence-corrected chi connectivity index (χ1v) is 11.2. The van der Waals surface area contributed by atoms with Crippen LogP contribution >= 0.6 is 0 Å². The van der Waals surface area contributed by atoms with Gasteiger partial charge in [-0.05, 0) is 25.3 Å². The number of nitrogens with one attached hydrogen (secondary N) is 1. The van der Waals surface area contributed by atoms with Gasteiger partial charge < -0.3 is 19.9 Å². The summed E-state index contributed by atoms with van der Waals surface area (Å²) in [5, 5.41) is 11.1. The molecule has 1 saturated carbocycles. The van der Waals surface area contributed by atoms with E-state index in [1.54, 1.807) is 0 Å². The molecule has 0 saturated heterocycles. The van der Waals surface area contributed by atoms with E-state index in [-0.39, 0.29) is 19.8 Å². The number of carboxylic acid groups (broad SMARTS) is 1. The molecule has 0 radical (unpaired) electrons. The highest BCUT2D eigenvalue weighted by Gasteiger charge is 2.39. The second-order valence-corrected chi connectivity index (χ2v) is 12.7. The summed E-state index contributed by atoms with van der Waals surface area (Å²) in [6.07, 6.45) is 0.923. The molecule has 0 heterocycles. The van der Waals surface area contributed by atoms with Gasteiger partial charge in [0.1, 0.15) is 12.5 Å². The monoisotopic (exact) mass is 321 g/mol. The summed E-state index contributed by atoms with van der Waals surface area (Å²) in [6, 6.07) is 0.536. The predicted octanol–water partition coefficient (Wildman–Crippen LogP) is 3.23. The van der Waals surface area contributed by atoms with Gasteiger partial charge in [0.2, 0.25) is 0 Å². The van der Waals surface area contributed by atoms with Crippen LogP contribution in [0.15, 0.2) is 0 Å². The SMILES string of the molecule is C[Si](C)(C)CCOCOCC(CC1(F)CCC1)NC(=O)O. The Balaban J connectivity index is 2.19. The van der Waals surface area contributed by atoms with Gasteiger partial charge in [-0.15, -0.1) is 0 Å². The van der Waals surface area contributed by atoms with Gasteiger partial charge in [0.25, 0.3) is 0 Å². The van der Waals surface area contributed by atoms with E-state index < -0.39 is 25.9 Å². The minimum atomic E-state index is -1.23. The molecule has 1 amide bonds. The second kappa shape index (κ2) is 8.10. The summed E-state index contributed by atoms with van der Waals surface area (Å²) >= 11 is 0. The van der Waals surface area contributed by atoms with Crippen molar-refractivity contribution < 1.29 is 23.8 Å². The summed E-state index contributed by atoms with van der Waals surface area (Å²) in [6.45, 7) is 7.72. The summed E-state index contributed by atoms with van der Waals surface area (Å²) in [5.41, 5.74) is -1.23. The van der Waals surface area contributed by atoms with Crippen LogP contribution in [0, 0.1) is 0 Å². The van der Waals surface area contributed by atoms with Gasteiger partial charge in [-0.2, -0.15) is 0 Å². The summed E-state index contributed by atoms with van der Waals surface area (Å²) < 4.78 is 24.8. The Morgan fingerprint density at radius 2 is 2.05 bits per heavy atom. The Morgan fingerprint density at radius 1 is 1.38 bits per heavy atom. The van der Waals surface area contributed by atoms with Crippen LogP contribution in [0.5, 0.6) is 0 Å². The number of halogens is 1. The topological polar surface area (TPSA) is 67.8 Å². The van der Waals surface area contributed by atoms with Crippen LogP contribution in [0.1, 0.15) is 25.7 Å². The Labute approximate surface area is 127 Å². The largest absolute Gasteiger partial charge is 0.465 e. The molecule has 1 atom stereocenters. The molecule has 124 valence electrons. The van der Waals surface area contributed by atoms with Crippen molar-refractivity contribution >= 4 is 14.2 Å². The van der Waals surface area contributed by atoms with Gasteiger partial charge in [0, 0.05) is 21.1 Å². The van der Waals surface area contributed by atoms with Crippen LogP contribution in [-0.4, -0.2) is 51.0 Å². The van der Waals surface area contributed by atoms with E-state index in [1.165, 1.54) is 0 Å². The summed E-state index contributed by atoms with van der Waals surface area (Å²) in [7, 11) is -1.11. The molecule has 0 spiro atoms. The number of hydrogen-bond donors (Lipinski definition) is 2. The zero-order valence-corrected chi connectivity index (χ0v) is 14.3. The lowest BCUT2D eigenvalue weighted by atomic mass is 9.78. The van der Waals surface area contributed by atoms with Gasteiger partial charge in [-0.25, -0.2) is 9.18 Å². The van der Waals surface area contributed by atoms with Gasteiger partial charge >= 0.3 is 6.09 Å². The first-order chi connectivity index (χ1) is 9.70. The molecule has 5 nitrogen and oxygen atoms in total. The summed E-state index contributed by atoms with van der Waals surface area (Å²) in [5.74, 6) is 0. The van der Waals surface area contributed by atoms with Crippen molar-refractivity contribution in [1.29, 1.82) is 0 Å². The molecule has 1 aliphatic carbocycles. The number of ether oxygens (including phenoxy) is 2. The van der Waals surface area contributed by atoms with Crippen molar-refractivity contribution in [3.63, 3.8) is 0 Å². The summed E-state index contributed by atoms with van der Waals surface area (Å²) in [4.78, 5) is 10.7. The fourth-order valence-corrected chi connectivity index (χ4v) is 2.98.